The summed E-state index contributed by atoms with van der Waals surface area (Å²) in [6.45, 7) is 8.38. The Labute approximate surface area is 126 Å². The molecule has 0 aliphatic carbocycles. The van der Waals surface area contributed by atoms with Crippen molar-refractivity contribution in [2.45, 2.75) is 52.1 Å². The summed E-state index contributed by atoms with van der Waals surface area (Å²) in [5, 5.41) is 12.1. The summed E-state index contributed by atoms with van der Waals surface area (Å²) in [6, 6.07) is 0.136. The van der Waals surface area contributed by atoms with Gasteiger partial charge in [-0.05, 0) is 33.2 Å². The minimum Gasteiger partial charge on any atom is -0.481 e. The number of carboxylic acid groups (broad SMARTS) is 1. The van der Waals surface area contributed by atoms with Crippen molar-refractivity contribution in [3.8, 4) is 0 Å². The molecule has 0 aromatic heterocycles. The van der Waals surface area contributed by atoms with Gasteiger partial charge in [0, 0.05) is 25.0 Å². The molecular weight excluding hydrogens is 272 g/mol. The van der Waals surface area contributed by atoms with E-state index in [-0.39, 0.29) is 30.3 Å². The quantitative estimate of drug-likeness (QED) is 0.667. The van der Waals surface area contributed by atoms with Crippen molar-refractivity contribution < 1.29 is 19.4 Å². The minimum atomic E-state index is -0.821. The van der Waals surface area contributed by atoms with Gasteiger partial charge in [0.2, 0.25) is 5.91 Å². The maximum atomic E-state index is 12.7. The van der Waals surface area contributed by atoms with Crippen LogP contribution in [-0.2, 0) is 14.3 Å². The van der Waals surface area contributed by atoms with Gasteiger partial charge in [-0.25, -0.2) is 0 Å². The number of amides is 1. The maximum absolute atomic E-state index is 12.7. The fourth-order valence-electron chi connectivity index (χ4n) is 2.57. The van der Waals surface area contributed by atoms with Crippen LogP contribution in [-0.4, -0.2) is 60.3 Å². The lowest BCUT2D eigenvalue weighted by Crippen LogP contribution is -2.48. The minimum absolute atomic E-state index is 0.0678. The number of aliphatic carboxylic acids is 1. The fraction of sp³-hybridized carbons (Fsp3) is 0.867. The second kappa shape index (κ2) is 9.00. The lowest BCUT2D eigenvalue weighted by Gasteiger charge is -2.31. The van der Waals surface area contributed by atoms with Crippen molar-refractivity contribution >= 4 is 11.9 Å². The van der Waals surface area contributed by atoms with Crippen LogP contribution in [0.15, 0.2) is 0 Å². The molecule has 1 rings (SSSR count). The molecule has 122 valence electrons. The number of rotatable bonds is 9. The lowest BCUT2D eigenvalue weighted by atomic mass is 10.0. The van der Waals surface area contributed by atoms with Gasteiger partial charge in [-0.3, -0.25) is 9.59 Å². The Kier molecular flexibility index (Phi) is 7.67. The molecule has 1 aliphatic rings. The monoisotopic (exact) mass is 300 g/mol. The van der Waals surface area contributed by atoms with Crippen molar-refractivity contribution in [2.24, 2.45) is 5.92 Å². The molecule has 0 saturated carbocycles. The molecule has 1 saturated heterocycles. The van der Waals surface area contributed by atoms with Gasteiger partial charge in [0.05, 0.1) is 19.1 Å². The first kappa shape index (κ1) is 17.9. The summed E-state index contributed by atoms with van der Waals surface area (Å²) in [4.78, 5) is 25.1. The van der Waals surface area contributed by atoms with E-state index >= 15 is 0 Å². The van der Waals surface area contributed by atoms with Crippen LogP contribution in [0.2, 0.25) is 0 Å². The third-order valence-electron chi connectivity index (χ3n) is 3.75. The van der Waals surface area contributed by atoms with Crippen molar-refractivity contribution in [2.75, 3.05) is 26.3 Å². The molecule has 1 fully saturated rings. The predicted molar refractivity (Wildman–Crippen MR) is 80.1 cm³/mol. The van der Waals surface area contributed by atoms with E-state index in [1.54, 1.807) is 4.90 Å². The molecule has 0 spiro atoms. The second-order valence-corrected chi connectivity index (χ2v) is 5.83. The molecule has 6 nitrogen and oxygen atoms in total. The normalized spacial score (nSPS) is 21.7. The first-order chi connectivity index (χ1) is 9.97. The zero-order chi connectivity index (χ0) is 15.8. The van der Waals surface area contributed by atoms with Crippen molar-refractivity contribution in [3.05, 3.63) is 0 Å². The number of hydrogen-bond donors (Lipinski definition) is 2. The third-order valence-corrected chi connectivity index (χ3v) is 3.75. The van der Waals surface area contributed by atoms with Gasteiger partial charge < -0.3 is 20.1 Å². The van der Waals surface area contributed by atoms with Crippen LogP contribution >= 0.6 is 0 Å². The Morgan fingerprint density at radius 3 is 2.67 bits per heavy atom. The van der Waals surface area contributed by atoms with E-state index in [1.165, 1.54) is 0 Å². The predicted octanol–water partition coefficient (Wildman–Crippen LogP) is 1.10. The molecule has 2 atom stereocenters. The van der Waals surface area contributed by atoms with Gasteiger partial charge in [-0.1, -0.05) is 6.92 Å². The van der Waals surface area contributed by atoms with Crippen LogP contribution in [0, 0.1) is 5.92 Å². The molecule has 0 aromatic carbocycles. The average molecular weight is 300 g/mol. The molecule has 6 heteroatoms. The molecule has 1 amide bonds. The highest BCUT2D eigenvalue weighted by Gasteiger charge is 2.36. The molecule has 1 aliphatic heterocycles. The summed E-state index contributed by atoms with van der Waals surface area (Å²) >= 11 is 0. The Balaban J connectivity index is 2.59. The van der Waals surface area contributed by atoms with Crippen molar-refractivity contribution in [1.29, 1.82) is 0 Å². The first-order valence-corrected chi connectivity index (χ1v) is 7.80. The topological polar surface area (TPSA) is 78.9 Å². The van der Waals surface area contributed by atoms with Gasteiger partial charge in [0.25, 0.3) is 0 Å². The molecule has 21 heavy (non-hydrogen) atoms. The van der Waals surface area contributed by atoms with Gasteiger partial charge in [0.1, 0.15) is 0 Å². The van der Waals surface area contributed by atoms with Gasteiger partial charge in [-0.15, -0.1) is 0 Å². The summed E-state index contributed by atoms with van der Waals surface area (Å²) in [5.41, 5.74) is 0. The van der Waals surface area contributed by atoms with E-state index in [4.69, 9.17) is 9.84 Å². The van der Waals surface area contributed by atoms with Gasteiger partial charge >= 0.3 is 5.97 Å². The summed E-state index contributed by atoms with van der Waals surface area (Å²) in [5.74, 6) is -0.914. The number of hydrogen-bond acceptors (Lipinski definition) is 4. The smallest absolute Gasteiger partial charge is 0.303 e. The highest BCUT2D eigenvalue weighted by molar-refractivity contribution is 5.80. The molecule has 0 bridgehead atoms. The highest BCUT2D eigenvalue weighted by atomic mass is 16.5. The van der Waals surface area contributed by atoms with Gasteiger partial charge in [0.15, 0.2) is 0 Å². The standard InChI is InChI=1S/C15H28N2O4/c1-4-7-16-13-10-21-9-12(13)15(20)17(11(2)3)8-5-6-14(18)19/h11-13,16H,4-10H2,1-3H3,(H,18,19). The number of carboxylic acids is 1. The van der Waals surface area contributed by atoms with E-state index in [0.29, 0.717) is 26.2 Å². The van der Waals surface area contributed by atoms with Crippen LogP contribution in [0.1, 0.15) is 40.0 Å². The molecular formula is C15H28N2O4. The van der Waals surface area contributed by atoms with Crippen LogP contribution < -0.4 is 5.32 Å². The summed E-state index contributed by atoms with van der Waals surface area (Å²) in [6.07, 6.45) is 1.60. The highest BCUT2D eigenvalue weighted by Crippen LogP contribution is 2.19. The number of carbonyl (C=O) groups is 2. The van der Waals surface area contributed by atoms with Crippen LogP contribution in [0.5, 0.6) is 0 Å². The number of nitrogens with zero attached hydrogens (tertiary/aromatic N) is 1. The van der Waals surface area contributed by atoms with Crippen molar-refractivity contribution in [1.82, 2.24) is 10.2 Å². The molecule has 2 N–H and O–H groups in total. The largest absolute Gasteiger partial charge is 0.481 e. The molecule has 1 heterocycles. The van der Waals surface area contributed by atoms with Gasteiger partial charge in [-0.2, -0.15) is 0 Å². The first-order valence-electron chi connectivity index (χ1n) is 7.80. The Morgan fingerprint density at radius 1 is 1.38 bits per heavy atom. The number of nitrogens with one attached hydrogen (secondary N) is 1. The Hall–Kier alpha value is -1.14. The van der Waals surface area contributed by atoms with Crippen molar-refractivity contribution in [3.63, 3.8) is 0 Å². The van der Waals surface area contributed by atoms with Crippen LogP contribution in [0.25, 0.3) is 0 Å². The lowest BCUT2D eigenvalue weighted by molar-refractivity contribution is -0.140. The van der Waals surface area contributed by atoms with E-state index in [1.807, 2.05) is 13.8 Å². The van der Waals surface area contributed by atoms with E-state index in [0.717, 1.165) is 13.0 Å². The second-order valence-electron chi connectivity index (χ2n) is 5.83. The number of ether oxygens (including phenoxy) is 1. The molecule has 0 aromatic rings. The Bertz CT molecular complexity index is 347. The summed E-state index contributed by atoms with van der Waals surface area (Å²) < 4.78 is 5.46. The number of carbonyl (C=O) groups excluding carboxylic acids is 1. The van der Waals surface area contributed by atoms with E-state index in [2.05, 4.69) is 12.2 Å². The zero-order valence-electron chi connectivity index (χ0n) is 13.3. The maximum Gasteiger partial charge on any atom is 0.303 e. The molecule has 0 radical (unpaired) electrons. The average Bonchev–Trinajstić information content (AvgIpc) is 2.88. The fourth-order valence-corrected chi connectivity index (χ4v) is 2.57. The Morgan fingerprint density at radius 2 is 2.10 bits per heavy atom. The van der Waals surface area contributed by atoms with Crippen LogP contribution in [0.3, 0.4) is 0 Å². The zero-order valence-corrected chi connectivity index (χ0v) is 13.3. The third kappa shape index (κ3) is 5.63. The van der Waals surface area contributed by atoms with E-state index < -0.39 is 5.97 Å². The SMILES string of the molecule is CCCNC1COCC1C(=O)N(CCCC(=O)O)C(C)C. The summed E-state index contributed by atoms with van der Waals surface area (Å²) in [7, 11) is 0. The van der Waals surface area contributed by atoms with E-state index in [9.17, 15) is 9.59 Å². The van der Waals surface area contributed by atoms with Crippen LogP contribution in [0.4, 0.5) is 0 Å². The molecule has 2 unspecified atom stereocenters.